The van der Waals surface area contributed by atoms with Crippen molar-refractivity contribution in [2.45, 2.75) is 27.2 Å². The maximum absolute atomic E-state index is 12.6. The minimum atomic E-state index is -0.154. The predicted molar refractivity (Wildman–Crippen MR) is 114 cm³/mol. The van der Waals surface area contributed by atoms with E-state index >= 15 is 0 Å². The minimum Gasteiger partial charge on any atom is -0.352 e. The first-order chi connectivity index (χ1) is 13.5. The third-order valence-corrected chi connectivity index (χ3v) is 5.17. The maximum atomic E-state index is 12.6. The summed E-state index contributed by atoms with van der Waals surface area (Å²) in [7, 11) is 0. The van der Waals surface area contributed by atoms with E-state index in [4.69, 9.17) is 0 Å². The fourth-order valence-corrected chi connectivity index (χ4v) is 3.83. The normalized spacial score (nSPS) is 10.5. The Morgan fingerprint density at radius 3 is 2.54 bits per heavy atom. The summed E-state index contributed by atoms with van der Waals surface area (Å²) < 4.78 is 0. The van der Waals surface area contributed by atoms with E-state index in [0.29, 0.717) is 17.8 Å². The molecule has 28 heavy (non-hydrogen) atoms. The van der Waals surface area contributed by atoms with Crippen LogP contribution in [0.3, 0.4) is 0 Å². The van der Waals surface area contributed by atoms with Crippen LogP contribution in [0, 0.1) is 13.8 Å². The number of rotatable bonds is 6. The number of nitrogens with one attached hydrogen (secondary N) is 2. The zero-order valence-electron chi connectivity index (χ0n) is 16.2. The molecule has 0 saturated carbocycles. The molecule has 0 aliphatic rings. The van der Waals surface area contributed by atoms with E-state index in [1.165, 1.54) is 16.9 Å². The van der Waals surface area contributed by atoms with Gasteiger partial charge in [-0.3, -0.25) is 9.59 Å². The Balaban J connectivity index is 1.75. The van der Waals surface area contributed by atoms with Crippen LogP contribution in [0.1, 0.15) is 32.7 Å². The lowest BCUT2D eigenvalue weighted by Gasteiger charge is -2.08. The molecule has 0 radical (unpaired) electrons. The van der Waals surface area contributed by atoms with Gasteiger partial charge in [0.15, 0.2) is 0 Å². The lowest BCUT2D eigenvalue weighted by atomic mass is 10.1. The number of nitrogens with zero attached hydrogens (tertiary/aromatic N) is 1. The number of hydrogen-bond acceptors (Lipinski definition) is 4. The molecule has 2 amide bonds. The number of amides is 2. The molecule has 6 heteroatoms. The van der Waals surface area contributed by atoms with E-state index in [2.05, 4.69) is 15.6 Å². The number of aryl methyl sites for hydroxylation is 2. The second-order valence-corrected chi connectivity index (χ2v) is 7.82. The van der Waals surface area contributed by atoms with Gasteiger partial charge in [-0.1, -0.05) is 35.9 Å². The van der Waals surface area contributed by atoms with Gasteiger partial charge in [-0.05, 0) is 39.0 Å². The molecule has 5 nitrogen and oxygen atoms in total. The highest BCUT2D eigenvalue weighted by Crippen LogP contribution is 2.29. The number of benzene rings is 2. The van der Waals surface area contributed by atoms with Gasteiger partial charge in [0, 0.05) is 28.2 Å². The molecule has 0 aliphatic heterocycles. The van der Waals surface area contributed by atoms with Crippen molar-refractivity contribution in [2.75, 3.05) is 11.9 Å². The number of hydrogen-bond donors (Lipinski definition) is 2. The summed E-state index contributed by atoms with van der Waals surface area (Å²) in [5, 5.41) is 6.57. The molecular formula is C22H23N3O2S. The van der Waals surface area contributed by atoms with Crippen LogP contribution >= 0.6 is 11.3 Å². The summed E-state index contributed by atoms with van der Waals surface area (Å²) in [4.78, 5) is 30.1. The summed E-state index contributed by atoms with van der Waals surface area (Å²) in [6.45, 7) is 6.41. The third kappa shape index (κ3) is 4.84. The number of carbonyl (C=O) groups excluding carboxylic acids is 2. The van der Waals surface area contributed by atoms with Gasteiger partial charge in [0.2, 0.25) is 5.91 Å². The second kappa shape index (κ2) is 8.80. The molecule has 0 fully saturated rings. The van der Waals surface area contributed by atoms with Crippen molar-refractivity contribution in [1.29, 1.82) is 0 Å². The lowest BCUT2D eigenvalue weighted by Crippen LogP contribution is -2.23. The average Bonchev–Trinajstić information content (AvgIpc) is 3.02. The highest BCUT2D eigenvalue weighted by Gasteiger charge is 2.15. The molecule has 1 aromatic heterocycles. The molecule has 2 aromatic carbocycles. The van der Waals surface area contributed by atoms with Crippen LogP contribution in [-0.4, -0.2) is 23.3 Å². The largest absolute Gasteiger partial charge is 0.352 e. The van der Waals surface area contributed by atoms with E-state index in [1.54, 1.807) is 24.3 Å². The van der Waals surface area contributed by atoms with Crippen LogP contribution in [0.2, 0.25) is 0 Å². The molecule has 144 valence electrons. The summed E-state index contributed by atoms with van der Waals surface area (Å²) in [6, 6.07) is 15.1. The predicted octanol–water partition coefficient (Wildman–Crippen LogP) is 4.36. The van der Waals surface area contributed by atoms with E-state index < -0.39 is 0 Å². The highest BCUT2D eigenvalue weighted by molar-refractivity contribution is 7.12. The van der Waals surface area contributed by atoms with Crippen LogP contribution in [-0.2, 0) is 11.2 Å². The van der Waals surface area contributed by atoms with Gasteiger partial charge >= 0.3 is 0 Å². The summed E-state index contributed by atoms with van der Waals surface area (Å²) in [5.41, 5.74) is 4.17. The van der Waals surface area contributed by atoms with Gasteiger partial charge in [-0.25, -0.2) is 4.98 Å². The Labute approximate surface area is 168 Å². The van der Waals surface area contributed by atoms with Gasteiger partial charge in [0.25, 0.3) is 5.91 Å². The van der Waals surface area contributed by atoms with Crippen LogP contribution in [0.15, 0.2) is 48.5 Å². The minimum absolute atomic E-state index is 0.134. The van der Waals surface area contributed by atoms with Crippen molar-refractivity contribution in [2.24, 2.45) is 0 Å². The summed E-state index contributed by atoms with van der Waals surface area (Å²) in [6.07, 6.45) is 0.236. The van der Waals surface area contributed by atoms with Gasteiger partial charge in [0.1, 0.15) is 0 Å². The van der Waals surface area contributed by atoms with Gasteiger partial charge < -0.3 is 10.6 Å². The van der Waals surface area contributed by atoms with Crippen LogP contribution in [0.25, 0.3) is 11.3 Å². The van der Waals surface area contributed by atoms with E-state index in [1.807, 2.05) is 45.0 Å². The van der Waals surface area contributed by atoms with Crippen molar-refractivity contribution in [3.63, 3.8) is 0 Å². The first-order valence-electron chi connectivity index (χ1n) is 9.17. The molecule has 0 spiro atoms. The van der Waals surface area contributed by atoms with E-state index in [9.17, 15) is 9.59 Å². The molecular weight excluding hydrogens is 370 g/mol. The average molecular weight is 394 g/mol. The molecule has 0 aliphatic carbocycles. The molecule has 0 unspecified atom stereocenters. The summed E-state index contributed by atoms with van der Waals surface area (Å²) in [5.74, 6) is -0.289. The summed E-state index contributed by atoms with van der Waals surface area (Å²) >= 11 is 1.53. The molecule has 0 bridgehead atoms. The van der Waals surface area contributed by atoms with Gasteiger partial charge in [-0.15, -0.1) is 11.3 Å². The fourth-order valence-electron chi connectivity index (χ4n) is 2.88. The monoisotopic (exact) mass is 393 g/mol. The smallest absolute Gasteiger partial charge is 0.251 e. The maximum Gasteiger partial charge on any atom is 0.251 e. The molecule has 2 N–H and O–H groups in total. The molecule has 0 saturated heterocycles. The fraction of sp³-hybridized carbons (Fsp3) is 0.227. The number of thiazole rings is 1. The molecule has 3 rings (SSSR count). The Bertz CT molecular complexity index is 993. The van der Waals surface area contributed by atoms with Crippen molar-refractivity contribution >= 4 is 28.8 Å². The zero-order valence-corrected chi connectivity index (χ0v) is 17.0. The number of carbonyl (C=O) groups is 2. The molecule has 1 heterocycles. The number of aromatic nitrogens is 1. The zero-order chi connectivity index (χ0) is 20.1. The quantitative estimate of drug-likeness (QED) is 0.654. The van der Waals surface area contributed by atoms with Crippen molar-refractivity contribution in [1.82, 2.24) is 10.3 Å². The van der Waals surface area contributed by atoms with E-state index in [0.717, 1.165) is 21.1 Å². The topological polar surface area (TPSA) is 71.1 Å². The van der Waals surface area contributed by atoms with E-state index in [-0.39, 0.29) is 18.2 Å². The standard InChI is InChI=1S/C22H23N3O2S/c1-4-23-22(27)17-6-5-7-18(12-17)25-20(26)13-19-21(24-15(3)28-19)16-10-8-14(2)9-11-16/h5-12H,4,13H2,1-3H3,(H,23,27)(H,25,26). The Morgan fingerprint density at radius 2 is 1.82 bits per heavy atom. The SMILES string of the molecule is CCNC(=O)c1cccc(NC(=O)Cc2sc(C)nc2-c2ccc(C)cc2)c1. The van der Waals surface area contributed by atoms with Crippen LogP contribution in [0.4, 0.5) is 5.69 Å². The number of anilines is 1. The second-order valence-electron chi connectivity index (χ2n) is 6.54. The van der Waals surface area contributed by atoms with Crippen LogP contribution in [0.5, 0.6) is 0 Å². The Kier molecular flexibility index (Phi) is 6.21. The van der Waals surface area contributed by atoms with Gasteiger partial charge in [0.05, 0.1) is 17.1 Å². The molecule has 3 aromatic rings. The third-order valence-electron chi connectivity index (χ3n) is 4.20. The highest BCUT2D eigenvalue weighted by atomic mass is 32.1. The Hall–Kier alpha value is -2.99. The van der Waals surface area contributed by atoms with Crippen molar-refractivity contribution in [3.8, 4) is 11.3 Å². The van der Waals surface area contributed by atoms with Gasteiger partial charge in [-0.2, -0.15) is 0 Å². The van der Waals surface area contributed by atoms with Crippen molar-refractivity contribution < 1.29 is 9.59 Å². The van der Waals surface area contributed by atoms with Crippen molar-refractivity contribution in [3.05, 3.63) is 69.5 Å². The lowest BCUT2D eigenvalue weighted by molar-refractivity contribution is -0.115. The first-order valence-corrected chi connectivity index (χ1v) is 9.99. The molecule has 0 atom stereocenters. The Morgan fingerprint density at radius 1 is 1.07 bits per heavy atom. The first kappa shape index (κ1) is 19.8. The van der Waals surface area contributed by atoms with Crippen LogP contribution < -0.4 is 10.6 Å².